The maximum absolute atomic E-state index is 10.8. The van der Waals surface area contributed by atoms with Crippen LogP contribution in [0.25, 0.3) is 0 Å². The molecule has 0 aromatic heterocycles. The van der Waals surface area contributed by atoms with Gasteiger partial charge in [-0.05, 0) is 37.1 Å². The highest BCUT2D eigenvalue weighted by Gasteiger charge is 2.06. The lowest BCUT2D eigenvalue weighted by Crippen LogP contribution is -1.99. The van der Waals surface area contributed by atoms with Gasteiger partial charge in [-0.25, -0.2) is 4.79 Å². The van der Waals surface area contributed by atoms with E-state index in [1.807, 2.05) is 19.1 Å². The predicted molar refractivity (Wildman–Crippen MR) is 65.4 cm³/mol. The van der Waals surface area contributed by atoms with Gasteiger partial charge in [-0.15, -0.1) is 11.8 Å². The molecule has 1 aromatic rings. The van der Waals surface area contributed by atoms with Gasteiger partial charge >= 0.3 is 5.97 Å². The molecule has 0 bridgehead atoms. The third-order valence-electron chi connectivity index (χ3n) is 2.19. The minimum absolute atomic E-state index is 0.376. The van der Waals surface area contributed by atoms with Crippen LogP contribution in [0.1, 0.15) is 22.3 Å². The van der Waals surface area contributed by atoms with Crippen LogP contribution < -0.4 is 0 Å². The molecule has 4 heteroatoms. The Morgan fingerprint density at radius 2 is 2.25 bits per heavy atom. The first-order valence-corrected chi connectivity index (χ1v) is 6.09. The van der Waals surface area contributed by atoms with Crippen molar-refractivity contribution in [1.82, 2.24) is 0 Å². The molecule has 0 aliphatic heterocycles. The Morgan fingerprint density at radius 1 is 1.50 bits per heavy atom. The van der Waals surface area contributed by atoms with Gasteiger partial charge in [-0.2, -0.15) is 0 Å². The molecule has 1 N–H and O–H groups in total. The zero-order valence-corrected chi connectivity index (χ0v) is 10.3. The molecule has 88 valence electrons. The minimum Gasteiger partial charge on any atom is -0.478 e. The number of benzene rings is 1. The number of aromatic carboxylic acids is 1. The fourth-order valence-electron chi connectivity index (χ4n) is 1.36. The summed E-state index contributed by atoms with van der Waals surface area (Å²) in [5, 5.41) is 8.88. The first-order chi connectivity index (χ1) is 7.65. The summed E-state index contributed by atoms with van der Waals surface area (Å²) in [4.78, 5) is 11.9. The first kappa shape index (κ1) is 13.1. The average molecular weight is 240 g/mol. The van der Waals surface area contributed by atoms with E-state index in [1.54, 1.807) is 24.9 Å². The molecule has 0 aliphatic rings. The van der Waals surface area contributed by atoms with Crippen molar-refractivity contribution in [3.63, 3.8) is 0 Å². The molecule has 0 aliphatic carbocycles. The molecule has 0 radical (unpaired) electrons. The summed E-state index contributed by atoms with van der Waals surface area (Å²) in [5.41, 5.74) is 1.19. The molecular weight excluding hydrogens is 224 g/mol. The predicted octanol–water partition coefficient (Wildman–Crippen LogP) is 2.82. The topological polar surface area (TPSA) is 46.5 Å². The van der Waals surface area contributed by atoms with E-state index in [-0.39, 0.29) is 0 Å². The van der Waals surface area contributed by atoms with Crippen LogP contribution in [0.4, 0.5) is 0 Å². The molecule has 1 rings (SSSR count). The monoisotopic (exact) mass is 240 g/mol. The number of thioether (sulfide) groups is 1. The second-order valence-corrected chi connectivity index (χ2v) is 4.65. The summed E-state index contributed by atoms with van der Waals surface area (Å²) in [7, 11) is 1.69. The van der Waals surface area contributed by atoms with Gasteiger partial charge in [0.15, 0.2) is 0 Å². The van der Waals surface area contributed by atoms with Crippen molar-refractivity contribution >= 4 is 17.7 Å². The Kier molecular flexibility index (Phi) is 5.35. The zero-order chi connectivity index (χ0) is 12.0. The standard InChI is InChI=1S/C12H16O3S/c1-9-8-10(16-7-3-6-15-2)4-5-11(9)12(13)14/h4-5,8H,3,6-7H2,1-2H3,(H,13,14). The van der Waals surface area contributed by atoms with E-state index < -0.39 is 5.97 Å². The van der Waals surface area contributed by atoms with Crippen LogP contribution in [0.3, 0.4) is 0 Å². The quantitative estimate of drug-likeness (QED) is 0.613. The zero-order valence-electron chi connectivity index (χ0n) is 9.53. The summed E-state index contributed by atoms with van der Waals surface area (Å²) in [6, 6.07) is 5.44. The maximum atomic E-state index is 10.8. The van der Waals surface area contributed by atoms with Gasteiger partial charge in [-0.1, -0.05) is 0 Å². The van der Waals surface area contributed by atoms with Crippen LogP contribution in [0, 0.1) is 6.92 Å². The van der Waals surface area contributed by atoms with E-state index in [2.05, 4.69) is 0 Å². The van der Waals surface area contributed by atoms with E-state index in [1.165, 1.54) is 0 Å². The summed E-state index contributed by atoms with van der Waals surface area (Å²) in [6.07, 6.45) is 1.00. The van der Waals surface area contributed by atoms with Crippen LogP contribution >= 0.6 is 11.8 Å². The number of rotatable bonds is 6. The van der Waals surface area contributed by atoms with E-state index >= 15 is 0 Å². The SMILES string of the molecule is COCCCSc1ccc(C(=O)O)c(C)c1. The van der Waals surface area contributed by atoms with Gasteiger partial charge in [0.2, 0.25) is 0 Å². The Hall–Kier alpha value is -1.00. The number of hydrogen-bond donors (Lipinski definition) is 1. The van der Waals surface area contributed by atoms with Crippen molar-refractivity contribution in [1.29, 1.82) is 0 Å². The highest BCUT2D eigenvalue weighted by Crippen LogP contribution is 2.22. The molecular formula is C12H16O3S. The number of aryl methyl sites for hydroxylation is 1. The second-order valence-electron chi connectivity index (χ2n) is 3.48. The molecule has 0 fully saturated rings. The van der Waals surface area contributed by atoms with Crippen LogP contribution in [-0.2, 0) is 4.74 Å². The van der Waals surface area contributed by atoms with Crippen molar-refractivity contribution < 1.29 is 14.6 Å². The van der Waals surface area contributed by atoms with Crippen molar-refractivity contribution in [2.45, 2.75) is 18.2 Å². The molecule has 0 atom stereocenters. The highest BCUT2D eigenvalue weighted by atomic mass is 32.2. The lowest BCUT2D eigenvalue weighted by molar-refractivity contribution is 0.0696. The van der Waals surface area contributed by atoms with Gasteiger partial charge in [0.25, 0.3) is 0 Å². The Bertz CT molecular complexity index is 363. The van der Waals surface area contributed by atoms with Crippen LogP contribution in [0.15, 0.2) is 23.1 Å². The maximum Gasteiger partial charge on any atom is 0.335 e. The number of hydrogen-bond acceptors (Lipinski definition) is 3. The van der Waals surface area contributed by atoms with Gasteiger partial charge in [0.1, 0.15) is 0 Å². The molecule has 0 spiro atoms. The van der Waals surface area contributed by atoms with Gasteiger partial charge in [-0.3, -0.25) is 0 Å². The molecule has 0 amide bonds. The normalized spacial score (nSPS) is 10.4. The highest BCUT2D eigenvalue weighted by molar-refractivity contribution is 7.99. The second kappa shape index (κ2) is 6.55. The van der Waals surface area contributed by atoms with Gasteiger partial charge in [0.05, 0.1) is 5.56 Å². The van der Waals surface area contributed by atoms with Crippen molar-refractivity contribution in [3.8, 4) is 0 Å². The molecule has 0 saturated carbocycles. The first-order valence-electron chi connectivity index (χ1n) is 5.11. The summed E-state index contributed by atoms with van der Waals surface area (Å²) >= 11 is 1.72. The largest absolute Gasteiger partial charge is 0.478 e. The van der Waals surface area contributed by atoms with Crippen LogP contribution in [0.5, 0.6) is 0 Å². The van der Waals surface area contributed by atoms with Gasteiger partial charge in [0, 0.05) is 24.4 Å². The van der Waals surface area contributed by atoms with Crippen LogP contribution in [-0.4, -0.2) is 30.5 Å². The van der Waals surface area contributed by atoms with E-state index in [0.29, 0.717) is 5.56 Å². The van der Waals surface area contributed by atoms with Crippen LogP contribution in [0.2, 0.25) is 0 Å². The third-order valence-corrected chi connectivity index (χ3v) is 3.27. The molecule has 0 heterocycles. The number of ether oxygens (including phenoxy) is 1. The lowest BCUT2D eigenvalue weighted by Gasteiger charge is -2.05. The van der Waals surface area contributed by atoms with Crippen molar-refractivity contribution in [3.05, 3.63) is 29.3 Å². The Balaban J connectivity index is 2.56. The molecule has 16 heavy (non-hydrogen) atoms. The summed E-state index contributed by atoms with van der Waals surface area (Å²) in [5.74, 6) is 0.119. The fourth-order valence-corrected chi connectivity index (χ4v) is 2.28. The molecule has 0 unspecified atom stereocenters. The molecule has 3 nitrogen and oxygen atoms in total. The summed E-state index contributed by atoms with van der Waals surface area (Å²) in [6.45, 7) is 2.59. The third kappa shape index (κ3) is 3.87. The molecule has 1 aromatic carbocycles. The number of methoxy groups -OCH3 is 1. The van der Waals surface area contributed by atoms with Crippen molar-refractivity contribution in [2.75, 3.05) is 19.5 Å². The van der Waals surface area contributed by atoms with E-state index in [9.17, 15) is 4.79 Å². The Labute approximate surface area is 99.8 Å². The lowest BCUT2D eigenvalue weighted by atomic mass is 10.1. The van der Waals surface area contributed by atoms with E-state index in [0.717, 1.165) is 29.2 Å². The van der Waals surface area contributed by atoms with Crippen molar-refractivity contribution in [2.24, 2.45) is 0 Å². The van der Waals surface area contributed by atoms with Gasteiger partial charge < -0.3 is 9.84 Å². The summed E-state index contributed by atoms with van der Waals surface area (Å²) < 4.78 is 4.96. The number of carboxylic acid groups (broad SMARTS) is 1. The number of carbonyl (C=O) groups is 1. The Morgan fingerprint density at radius 3 is 2.81 bits per heavy atom. The molecule has 0 saturated heterocycles. The average Bonchev–Trinajstić information content (AvgIpc) is 2.24. The minimum atomic E-state index is -0.867. The fraction of sp³-hybridized carbons (Fsp3) is 0.417. The van der Waals surface area contributed by atoms with E-state index in [4.69, 9.17) is 9.84 Å². The number of carboxylic acids is 1. The smallest absolute Gasteiger partial charge is 0.335 e.